The fraction of sp³-hybridized carbons (Fsp3) is 0.474. The molecule has 0 bridgehead atoms. The quantitative estimate of drug-likeness (QED) is 0.787. The number of hydrogen-bond donors (Lipinski definition) is 1. The molecule has 0 radical (unpaired) electrons. The van der Waals surface area contributed by atoms with E-state index in [0.717, 1.165) is 29.8 Å². The van der Waals surface area contributed by atoms with E-state index in [1.807, 2.05) is 17.5 Å². The summed E-state index contributed by atoms with van der Waals surface area (Å²) in [4.78, 5) is 32.5. The van der Waals surface area contributed by atoms with Crippen LogP contribution in [0.3, 0.4) is 0 Å². The van der Waals surface area contributed by atoms with Crippen LogP contribution >= 0.6 is 11.3 Å². The van der Waals surface area contributed by atoms with Gasteiger partial charge in [0.15, 0.2) is 6.61 Å². The summed E-state index contributed by atoms with van der Waals surface area (Å²) in [6.07, 6.45) is 7.98. The number of carbonyl (C=O) groups excluding carboxylic acids is 2. The first-order chi connectivity index (χ1) is 12.6. The second-order valence-corrected chi connectivity index (χ2v) is 7.52. The average Bonchev–Trinajstić information content (AvgIpc) is 3.11. The van der Waals surface area contributed by atoms with Crippen molar-refractivity contribution in [2.24, 2.45) is 5.92 Å². The molecule has 1 saturated carbocycles. The number of ether oxygens (including phenoxy) is 1. The summed E-state index contributed by atoms with van der Waals surface area (Å²) < 4.78 is 5.10. The Morgan fingerprint density at radius 2 is 2.19 bits per heavy atom. The van der Waals surface area contributed by atoms with Gasteiger partial charge in [-0.1, -0.05) is 19.8 Å². The fourth-order valence-corrected chi connectivity index (χ4v) is 3.94. The van der Waals surface area contributed by atoms with Gasteiger partial charge in [0.25, 0.3) is 5.91 Å². The van der Waals surface area contributed by atoms with Crippen LogP contribution < -0.4 is 5.32 Å². The van der Waals surface area contributed by atoms with Gasteiger partial charge >= 0.3 is 5.97 Å². The number of nitrogens with zero attached hydrogens (tertiary/aromatic N) is 2. The number of esters is 1. The van der Waals surface area contributed by atoms with Crippen LogP contribution in [0.5, 0.6) is 0 Å². The van der Waals surface area contributed by atoms with Crippen molar-refractivity contribution in [2.45, 2.75) is 45.1 Å². The molecule has 2 atom stereocenters. The second-order valence-electron chi connectivity index (χ2n) is 6.66. The number of rotatable bonds is 6. The lowest BCUT2D eigenvalue weighted by Crippen LogP contribution is -2.42. The van der Waals surface area contributed by atoms with E-state index in [1.54, 1.807) is 12.4 Å². The minimum Gasteiger partial charge on any atom is -0.455 e. The molecule has 0 unspecified atom stereocenters. The minimum absolute atomic E-state index is 0.0594. The van der Waals surface area contributed by atoms with Crippen molar-refractivity contribution < 1.29 is 14.3 Å². The molecule has 0 saturated heterocycles. The van der Waals surface area contributed by atoms with E-state index in [1.165, 1.54) is 17.8 Å². The first kappa shape index (κ1) is 18.5. The van der Waals surface area contributed by atoms with Crippen molar-refractivity contribution in [3.63, 3.8) is 0 Å². The van der Waals surface area contributed by atoms with Crippen molar-refractivity contribution in [1.29, 1.82) is 0 Å². The molecule has 0 spiro atoms. The molecule has 1 amide bonds. The summed E-state index contributed by atoms with van der Waals surface area (Å²) >= 11 is 1.45. The van der Waals surface area contributed by atoms with E-state index in [0.29, 0.717) is 11.6 Å². The van der Waals surface area contributed by atoms with Crippen LogP contribution in [0, 0.1) is 5.92 Å². The Labute approximate surface area is 157 Å². The zero-order valence-electron chi connectivity index (χ0n) is 14.8. The van der Waals surface area contributed by atoms with Crippen molar-refractivity contribution >= 4 is 23.2 Å². The zero-order valence-corrected chi connectivity index (χ0v) is 15.6. The highest BCUT2D eigenvalue weighted by molar-refractivity contribution is 7.13. The van der Waals surface area contributed by atoms with Gasteiger partial charge in [0.05, 0.1) is 12.1 Å². The van der Waals surface area contributed by atoms with Crippen LogP contribution in [0.15, 0.2) is 29.9 Å². The molecule has 1 N–H and O–H groups in total. The zero-order chi connectivity index (χ0) is 18.4. The predicted molar refractivity (Wildman–Crippen MR) is 99.6 cm³/mol. The molecule has 1 aliphatic rings. The van der Waals surface area contributed by atoms with Crippen molar-refractivity contribution in [1.82, 2.24) is 15.3 Å². The standard InChI is InChI=1S/C19H23N3O3S/c1-13-5-2-3-7-16(13)22-17(23)11-25-18(24)9-15-12-26-19(21-15)14-6-4-8-20-10-14/h4,6,8,10,12-13,16H,2-3,5,7,9,11H2,1H3,(H,22,23)/t13-,16+/m0/s1. The van der Waals surface area contributed by atoms with Crippen LogP contribution in [0.4, 0.5) is 0 Å². The molecule has 2 aromatic rings. The van der Waals surface area contributed by atoms with Gasteiger partial charge in [-0.05, 0) is 30.9 Å². The monoisotopic (exact) mass is 373 g/mol. The van der Waals surface area contributed by atoms with E-state index in [-0.39, 0.29) is 25.0 Å². The fourth-order valence-electron chi connectivity index (χ4n) is 3.13. The van der Waals surface area contributed by atoms with E-state index in [2.05, 4.69) is 22.2 Å². The Balaban J connectivity index is 1.44. The van der Waals surface area contributed by atoms with Crippen LogP contribution in [0.25, 0.3) is 10.6 Å². The van der Waals surface area contributed by atoms with Crippen LogP contribution in [-0.2, 0) is 20.7 Å². The lowest BCUT2D eigenvalue weighted by molar-refractivity contribution is -0.148. The Morgan fingerprint density at radius 3 is 2.96 bits per heavy atom. The normalized spacial score (nSPS) is 19.7. The van der Waals surface area contributed by atoms with Gasteiger partial charge in [-0.25, -0.2) is 4.98 Å². The molecule has 1 fully saturated rings. The van der Waals surface area contributed by atoms with Crippen molar-refractivity contribution in [3.8, 4) is 10.6 Å². The smallest absolute Gasteiger partial charge is 0.312 e. The third-order valence-corrected chi connectivity index (χ3v) is 5.55. The summed E-state index contributed by atoms with van der Waals surface area (Å²) in [5, 5.41) is 5.61. The summed E-state index contributed by atoms with van der Waals surface area (Å²) in [6, 6.07) is 3.96. The maximum Gasteiger partial charge on any atom is 0.312 e. The molecule has 26 heavy (non-hydrogen) atoms. The lowest BCUT2D eigenvalue weighted by Gasteiger charge is -2.29. The number of thiazole rings is 1. The van der Waals surface area contributed by atoms with Crippen molar-refractivity contribution in [2.75, 3.05) is 6.61 Å². The molecule has 2 aromatic heterocycles. The summed E-state index contributed by atoms with van der Waals surface area (Å²) in [5.41, 5.74) is 1.55. The molecule has 138 valence electrons. The first-order valence-electron chi connectivity index (χ1n) is 8.91. The van der Waals surface area contributed by atoms with Crippen LogP contribution in [0.2, 0.25) is 0 Å². The van der Waals surface area contributed by atoms with Gasteiger partial charge in [0, 0.05) is 29.4 Å². The second kappa shape index (κ2) is 8.89. The largest absolute Gasteiger partial charge is 0.455 e. The van der Waals surface area contributed by atoms with E-state index >= 15 is 0 Å². The Hall–Kier alpha value is -2.28. The SMILES string of the molecule is C[C@H]1CCCC[C@H]1NC(=O)COC(=O)Cc1csc(-c2cccnc2)n1. The van der Waals surface area contributed by atoms with Gasteiger partial charge < -0.3 is 10.1 Å². The van der Waals surface area contributed by atoms with Gasteiger partial charge in [-0.15, -0.1) is 11.3 Å². The van der Waals surface area contributed by atoms with E-state index in [4.69, 9.17) is 4.74 Å². The molecule has 7 heteroatoms. The third-order valence-electron chi connectivity index (χ3n) is 4.61. The number of amides is 1. The lowest BCUT2D eigenvalue weighted by atomic mass is 9.86. The highest BCUT2D eigenvalue weighted by atomic mass is 32.1. The number of carbonyl (C=O) groups is 2. The van der Waals surface area contributed by atoms with Gasteiger partial charge in [0.2, 0.25) is 0 Å². The van der Waals surface area contributed by atoms with Crippen LogP contribution in [0.1, 0.15) is 38.3 Å². The molecule has 0 aliphatic heterocycles. The average molecular weight is 373 g/mol. The van der Waals surface area contributed by atoms with Crippen LogP contribution in [-0.4, -0.2) is 34.5 Å². The number of nitrogens with one attached hydrogen (secondary N) is 1. The molecule has 6 nitrogen and oxygen atoms in total. The van der Waals surface area contributed by atoms with E-state index in [9.17, 15) is 9.59 Å². The molecular weight excluding hydrogens is 350 g/mol. The highest BCUT2D eigenvalue weighted by Crippen LogP contribution is 2.24. The summed E-state index contributed by atoms with van der Waals surface area (Å²) in [5.74, 6) is -0.199. The molecule has 3 rings (SSSR count). The van der Waals surface area contributed by atoms with Gasteiger partial charge in [-0.3, -0.25) is 14.6 Å². The first-order valence-corrected chi connectivity index (χ1v) is 9.79. The third kappa shape index (κ3) is 5.11. The minimum atomic E-state index is -0.445. The Bertz CT molecular complexity index is 747. The maximum atomic E-state index is 12.0. The van der Waals surface area contributed by atoms with Gasteiger partial charge in [-0.2, -0.15) is 0 Å². The summed E-state index contributed by atoms with van der Waals surface area (Å²) in [6.45, 7) is 1.92. The predicted octanol–water partition coefficient (Wildman–Crippen LogP) is 2.99. The van der Waals surface area contributed by atoms with E-state index < -0.39 is 5.97 Å². The molecule has 0 aromatic carbocycles. The summed E-state index contributed by atoms with van der Waals surface area (Å²) in [7, 11) is 0. The maximum absolute atomic E-state index is 12.0. The number of hydrogen-bond acceptors (Lipinski definition) is 6. The number of pyridine rings is 1. The Kier molecular flexibility index (Phi) is 6.33. The number of aromatic nitrogens is 2. The topological polar surface area (TPSA) is 81.2 Å². The molecule has 1 aliphatic carbocycles. The Morgan fingerprint density at radius 1 is 1.35 bits per heavy atom. The molecule has 2 heterocycles. The molecular formula is C19H23N3O3S. The van der Waals surface area contributed by atoms with Gasteiger partial charge in [0.1, 0.15) is 5.01 Å². The highest BCUT2D eigenvalue weighted by Gasteiger charge is 2.23. The van der Waals surface area contributed by atoms with Crippen molar-refractivity contribution in [3.05, 3.63) is 35.6 Å².